The van der Waals surface area contributed by atoms with Crippen molar-refractivity contribution in [2.45, 2.75) is 26.3 Å². The van der Waals surface area contributed by atoms with E-state index in [1.54, 1.807) is 21.3 Å². The van der Waals surface area contributed by atoms with Crippen LogP contribution in [0.4, 0.5) is 0 Å². The van der Waals surface area contributed by atoms with Gasteiger partial charge in [-0.1, -0.05) is 0 Å². The molecule has 2 rings (SSSR count). The Morgan fingerprint density at radius 1 is 1.00 bits per heavy atom. The highest BCUT2D eigenvalue weighted by molar-refractivity contribution is 14.0. The lowest BCUT2D eigenvalue weighted by molar-refractivity contribution is 0.0690. The SMILES string of the molecule is CCNC(=NCCCCOCCOC)N1CCN(Cc2cc(OC)ccc2OC)CC1.I. The number of ether oxygens (including phenoxy) is 4. The van der Waals surface area contributed by atoms with Crippen molar-refractivity contribution in [3.8, 4) is 11.5 Å². The Kier molecular flexibility index (Phi) is 15.5. The van der Waals surface area contributed by atoms with Crippen LogP contribution >= 0.6 is 24.0 Å². The summed E-state index contributed by atoms with van der Waals surface area (Å²) in [5.74, 6) is 2.78. The number of aliphatic imine (C=N–C) groups is 1. The number of guanidine groups is 1. The number of nitrogens with one attached hydrogen (secondary N) is 1. The zero-order valence-corrected chi connectivity index (χ0v) is 22.4. The standard InChI is InChI=1S/C23H40N4O4.HI/c1-5-24-23(25-10-6-7-15-31-17-16-28-2)27-13-11-26(12-14-27)19-20-18-21(29-3)8-9-22(20)30-4;/h8-9,18H,5-7,10-17,19H2,1-4H3,(H,24,25);1H. The highest BCUT2D eigenvalue weighted by Gasteiger charge is 2.20. The van der Waals surface area contributed by atoms with E-state index in [1.165, 1.54) is 0 Å². The molecule has 0 amide bonds. The fraction of sp³-hybridized carbons (Fsp3) is 0.696. The fourth-order valence-electron chi connectivity index (χ4n) is 3.54. The average molecular weight is 565 g/mol. The maximum absolute atomic E-state index is 5.53. The minimum absolute atomic E-state index is 0. The highest BCUT2D eigenvalue weighted by atomic mass is 127. The number of unbranched alkanes of at least 4 members (excludes halogenated alkanes) is 1. The molecule has 1 aromatic rings. The predicted octanol–water partition coefficient (Wildman–Crippen LogP) is 2.85. The second kappa shape index (κ2) is 17.2. The van der Waals surface area contributed by atoms with Gasteiger partial charge in [-0.05, 0) is 38.0 Å². The molecule has 9 heteroatoms. The van der Waals surface area contributed by atoms with Gasteiger partial charge in [0.2, 0.25) is 0 Å². The van der Waals surface area contributed by atoms with E-state index in [0.29, 0.717) is 13.2 Å². The van der Waals surface area contributed by atoms with Crippen LogP contribution in [0, 0.1) is 0 Å². The molecule has 0 bridgehead atoms. The summed E-state index contributed by atoms with van der Waals surface area (Å²) in [5.41, 5.74) is 1.16. The van der Waals surface area contributed by atoms with E-state index in [2.05, 4.69) is 28.1 Å². The third-order valence-corrected chi connectivity index (χ3v) is 5.28. The first kappa shape index (κ1) is 28.7. The molecular formula is C23H41IN4O4. The van der Waals surface area contributed by atoms with E-state index in [-0.39, 0.29) is 24.0 Å². The quantitative estimate of drug-likeness (QED) is 0.171. The summed E-state index contributed by atoms with van der Waals surface area (Å²) in [6.07, 6.45) is 2.04. The molecule has 1 saturated heterocycles. The Hall–Kier alpha value is -1.30. The molecule has 1 N–H and O–H groups in total. The summed E-state index contributed by atoms with van der Waals surface area (Å²) in [5, 5.41) is 3.44. The molecule has 1 heterocycles. The lowest BCUT2D eigenvalue weighted by Gasteiger charge is -2.36. The van der Waals surface area contributed by atoms with Gasteiger partial charge in [0.05, 0.1) is 27.4 Å². The molecule has 1 aliphatic rings. The topological polar surface area (TPSA) is 67.8 Å². The number of hydrogen-bond acceptors (Lipinski definition) is 6. The molecular weight excluding hydrogens is 523 g/mol. The van der Waals surface area contributed by atoms with Crippen molar-refractivity contribution in [3.05, 3.63) is 23.8 Å². The van der Waals surface area contributed by atoms with Crippen LogP contribution in [0.2, 0.25) is 0 Å². The predicted molar refractivity (Wildman–Crippen MR) is 140 cm³/mol. The summed E-state index contributed by atoms with van der Waals surface area (Å²) >= 11 is 0. The van der Waals surface area contributed by atoms with Crippen molar-refractivity contribution in [3.63, 3.8) is 0 Å². The second-order valence-electron chi connectivity index (χ2n) is 7.49. The minimum atomic E-state index is 0. The maximum Gasteiger partial charge on any atom is 0.194 e. The van der Waals surface area contributed by atoms with Crippen molar-refractivity contribution in [1.29, 1.82) is 0 Å². The van der Waals surface area contributed by atoms with Gasteiger partial charge < -0.3 is 29.2 Å². The van der Waals surface area contributed by atoms with Gasteiger partial charge in [0.1, 0.15) is 11.5 Å². The van der Waals surface area contributed by atoms with Gasteiger partial charge in [-0.15, -0.1) is 24.0 Å². The van der Waals surface area contributed by atoms with Crippen LogP contribution < -0.4 is 14.8 Å². The van der Waals surface area contributed by atoms with E-state index >= 15 is 0 Å². The molecule has 0 atom stereocenters. The van der Waals surface area contributed by atoms with E-state index in [4.69, 9.17) is 23.9 Å². The number of methoxy groups -OCH3 is 3. The van der Waals surface area contributed by atoms with Crippen LogP contribution in [0.3, 0.4) is 0 Å². The first-order chi connectivity index (χ1) is 15.2. The lowest BCUT2D eigenvalue weighted by atomic mass is 10.1. The van der Waals surface area contributed by atoms with Crippen molar-refractivity contribution >= 4 is 29.9 Å². The van der Waals surface area contributed by atoms with Crippen LogP contribution in [0.15, 0.2) is 23.2 Å². The molecule has 0 radical (unpaired) electrons. The van der Waals surface area contributed by atoms with Crippen molar-refractivity contribution < 1.29 is 18.9 Å². The molecule has 184 valence electrons. The molecule has 1 aliphatic heterocycles. The molecule has 32 heavy (non-hydrogen) atoms. The summed E-state index contributed by atoms with van der Waals surface area (Å²) < 4.78 is 21.4. The molecule has 8 nitrogen and oxygen atoms in total. The lowest BCUT2D eigenvalue weighted by Crippen LogP contribution is -2.52. The van der Waals surface area contributed by atoms with E-state index in [0.717, 1.165) is 88.3 Å². The highest BCUT2D eigenvalue weighted by Crippen LogP contribution is 2.25. The monoisotopic (exact) mass is 564 g/mol. The number of benzene rings is 1. The Labute approximate surface area is 210 Å². The molecule has 1 fully saturated rings. The average Bonchev–Trinajstić information content (AvgIpc) is 2.80. The third-order valence-electron chi connectivity index (χ3n) is 5.28. The molecule has 0 aliphatic carbocycles. The van der Waals surface area contributed by atoms with Crippen LogP contribution in [0.5, 0.6) is 11.5 Å². The fourth-order valence-corrected chi connectivity index (χ4v) is 3.54. The Bertz CT molecular complexity index is 655. The number of hydrogen-bond donors (Lipinski definition) is 1. The molecule has 1 aromatic carbocycles. The van der Waals surface area contributed by atoms with Gasteiger partial charge in [-0.2, -0.15) is 0 Å². The summed E-state index contributed by atoms with van der Waals surface area (Å²) in [4.78, 5) is 9.64. The van der Waals surface area contributed by atoms with E-state index < -0.39 is 0 Å². The zero-order chi connectivity index (χ0) is 22.3. The van der Waals surface area contributed by atoms with Gasteiger partial charge in [-0.25, -0.2) is 0 Å². The number of nitrogens with zero attached hydrogens (tertiary/aromatic N) is 3. The smallest absolute Gasteiger partial charge is 0.194 e. The summed E-state index contributed by atoms with van der Waals surface area (Å²) in [7, 11) is 5.10. The Morgan fingerprint density at radius 3 is 2.44 bits per heavy atom. The normalized spacial score (nSPS) is 14.8. The Morgan fingerprint density at radius 2 is 1.78 bits per heavy atom. The summed E-state index contributed by atoms with van der Waals surface area (Å²) in [6, 6.07) is 5.98. The van der Waals surface area contributed by atoms with Crippen LogP contribution in [-0.2, 0) is 16.0 Å². The van der Waals surface area contributed by atoms with Crippen molar-refractivity contribution in [2.24, 2.45) is 4.99 Å². The van der Waals surface area contributed by atoms with Gasteiger partial charge in [-0.3, -0.25) is 9.89 Å². The molecule has 0 unspecified atom stereocenters. The zero-order valence-electron chi connectivity index (χ0n) is 20.1. The van der Waals surface area contributed by atoms with Crippen LogP contribution in [-0.4, -0.2) is 96.2 Å². The minimum Gasteiger partial charge on any atom is -0.497 e. The Balaban J connectivity index is 0.00000512. The maximum atomic E-state index is 5.53. The van der Waals surface area contributed by atoms with Gasteiger partial charge in [0.15, 0.2) is 5.96 Å². The summed E-state index contributed by atoms with van der Waals surface area (Å²) in [6.45, 7) is 10.6. The second-order valence-corrected chi connectivity index (χ2v) is 7.49. The third kappa shape index (κ3) is 10.1. The van der Waals surface area contributed by atoms with Gasteiger partial charge >= 0.3 is 0 Å². The van der Waals surface area contributed by atoms with Gasteiger partial charge in [0, 0.05) is 65.1 Å². The number of piperazine rings is 1. The van der Waals surface area contributed by atoms with E-state index in [1.807, 2.05) is 12.1 Å². The van der Waals surface area contributed by atoms with Crippen molar-refractivity contribution in [2.75, 3.05) is 80.4 Å². The largest absolute Gasteiger partial charge is 0.497 e. The van der Waals surface area contributed by atoms with Crippen molar-refractivity contribution in [1.82, 2.24) is 15.1 Å². The molecule has 0 spiro atoms. The molecule has 0 saturated carbocycles. The van der Waals surface area contributed by atoms with E-state index in [9.17, 15) is 0 Å². The number of rotatable bonds is 13. The first-order valence-electron chi connectivity index (χ1n) is 11.2. The number of halogens is 1. The van der Waals surface area contributed by atoms with Crippen LogP contribution in [0.25, 0.3) is 0 Å². The molecule has 0 aromatic heterocycles. The first-order valence-corrected chi connectivity index (χ1v) is 11.2. The van der Waals surface area contributed by atoms with Crippen LogP contribution in [0.1, 0.15) is 25.3 Å². The van der Waals surface area contributed by atoms with Gasteiger partial charge in [0.25, 0.3) is 0 Å².